The van der Waals surface area contributed by atoms with Crippen molar-refractivity contribution in [2.24, 2.45) is 4.99 Å². The van der Waals surface area contributed by atoms with E-state index >= 15 is 0 Å². The molecule has 0 bridgehead atoms. The van der Waals surface area contributed by atoms with Crippen molar-refractivity contribution in [2.45, 2.75) is 24.5 Å². The highest BCUT2D eigenvalue weighted by Gasteiger charge is 2.30. The van der Waals surface area contributed by atoms with Crippen LogP contribution in [0.5, 0.6) is 0 Å². The molecule has 2 aromatic rings. The third-order valence-corrected chi connectivity index (χ3v) is 5.95. The zero-order valence-electron chi connectivity index (χ0n) is 14.3. The molecule has 25 heavy (non-hydrogen) atoms. The number of aliphatic imine (C=N–C) groups is 1. The summed E-state index contributed by atoms with van der Waals surface area (Å²) in [5.74, 6) is 0. The molecule has 0 saturated heterocycles. The Bertz CT molecular complexity index is 954. The van der Waals surface area contributed by atoms with E-state index in [4.69, 9.17) is 9.41 Å². The molecule has 0 fully saturated rings. The van der Waals surface area contributed by atoms with E-state index in [0.29, 0.717) is 11.1 Å². The Balaban J connectivity index is 1.72. The quantitative estimate of drug-likeness (QED) is 0.769. The Hall–Kier alpha value is -2.27. The van der Waals surface area contributed by atoms with Gasteiger partial charge in [0.1, 0.15) is 11.0 Å². The van der Waals surface area contributed by atoms with Crippen LogP contribution >= 0.6 is 11.8 Å². The highest BCUT2D eigenvalue weighted by molar-refractivity contribution is 8.01. The van der Waals surface area contributed by atoms with Crippen molar-refractivity contribution in [3.63, 3.8) is 0 Å². The predicted molar refractivity (Wildman–Crippen MR) is 106 cm³/mol. The van der Waals surface area contributed by atoms with Crippen LogP contribution in [0.1, 0.15) is 24.8 Å². The van der Waals surface area contributed by atoms with Crippen LogP contribution in [0.15, 0.2) is 62.8 Å². The summed E-state index contributed by atoms with van der Waals surface area (Å²) >= 11 is 1.68. The van der Waals surface area contributed by atoms with Crippen molar-refractivity contribution in [3.05, 3.63) is 64.6 Å². The van der Waals surface area contributed by atoms with Crippen LogP contribution in [0.4, 0.5) is 5.69 Å². The van der Waals surface area contributed by atoms with Crippen LogP contribution in [0.25, 0.3) is 11.0 Å². The molecule has 4 nitrogen and oxygen atoms in total. The third kappa shape index (κ3) is 2.93. The van der Waals surface area contributed by atoms with Crippen LogP contribution in [0.3, 0.4) is 0 Å². The number of rotatable bonds is 4. The fraction of sp³-hybridized carbons (Fsp3) is 0.300. The van der Waals surface area contributed by atoms with Crippen LogP contribution in [-0.4, -0.2) is 24.1 Å². The maximum absolute atomic E-state index is 12.5. The molecular weight excluding hydrogens is 332 g/mol. The second-order valence-corrected chi connectivity index (χ2v) is 7.32. The summed E-state index contributed by atoms with van der Waals surface area (Å²) in [6.45, 7) is 6.07. The molecule has 2 aliphatic rings. The van der Waals surface area contributed by atoms with Gasteiger partial charge in [-0.15, -0.1) is 11.8 Å². The number of fused-ring (bicyclic) bond motifs is 2. The summed E-state index contributed by atoms with van der Waals surface area (Å²) in [5.41, 5.74) is 3.06. The summed E-state index contributed by atoms with van der Waals surface area (Å²) in [7, 11) is 0. The molecule has 0 amide bonds. The Morgan fingerprint density at radius 2 is 2.04 bits per heavy atom. The minimum absolute atomic E-state index is 0.199. The van der Waals surface area contributed by atoms with E-state index < -0.39 is 0 Å². The Labute approximate surface area is 150 Å². The van der Waals surface area contributed by atoms with Crippen LogP contribution < -0.4 is 10.5 Å². The van der Waals surface area contributed by atoms with E-state index in [0.717, 1.165) is 29.9 Å². The van der Waals surface area contributed by atoms with Gasteiger partial charge in [-0.25, -0.2) is 4.79 Å². The molecule has 128 valence electrons. The SMILES string of the molecule is CCN(CC)c1ccc2cc(C3N=C4C=CC=CC4S3)c(=O)oc2c1. The van der Waals surface area contributed by atoms with Gasteiger partial charge in [-0.3, -0.25) is 4.99 Å². The van der Waals surface area contributed by atoms with Gasteiger partial charge in [0.15, 0.2) is 0 Å². The summed E-state index contributed by atoms with van der Waals surface area (Å²) in [6.07, 6.45) is 8.13. The maximum Gasteiger partial charge on any atom is 0.342 e. The average Bonchev–Trinajstić information content (AvgIpc) is 3.06. The molecule has 0 saturated carbocycles. The second-order valence-electron chi connectivity index (χ2n) is 6.09. The third-order valence-electron chi connectivity index (χ3n) is 4.64. The van der Waals surface area contributed by atoms with Gasteiger partial charge >= 0.3 is 5.63 Å². The lowest BCUT2D eigenvalue weighted by Crippen LogP contribution is -2.21. The predicted octanol–water partition coefficient (Wildman–Crippen LogP) is 4.32. The van der Waals surface area contributed by atoms with Crippen molar-refractivity contribution < 1.29 is 4.42 Å². The minimum Gasteiger partial charge on any atom is -0.422 e. The van der Waals surface area contributed by atoms with Gasteiger partial charge in [0, 0.05) is 30.2 Å². The Morgan fingerprint density at radius 3 is 2.80 bits per heavy atom. The maximum atomic E-state index is 12.5. The normalized spacial score (nSPS) is 21.4. The topological polar surface area (TPSA) is 45.8 Å². The number of nitrogens with zero attached hydrogens (tertiary/aromatic N) is 2. The number of anilines is 1. The summed E-state index contributed by atoms with van der Waals surface area (Å²) in [4.78, 5) is 19.5. The average molecular weight is 352 g/mol. The van der Waals surface area contributed by atoms with Gasteiger partial charge in [-0.1, -0.05) is 18.2 Å². The smallest absolute Gasteiger partial charge is 0.342 e. The standard InChI is InChI=1S/C20H20N2O2S/c1-3-22(4-2)14-10-9-13-11-15(20(23)24-17(13)12-14)19-21-16-7-5-6-8-18(16)25-19/h5-12,18-19H,3-4H2,1-2H3. The fourth-order valence-electron chi connectivity index (χ4n) is 3.27. The summed E-state index contributed by atoms with van der Waals surface area (Å²) < 4.78 is 5.64. The van der Waals surface area contributed by atoms with Crippen LogP contribution in [0, 0.1) is 0 Å². The first-order valence-electron chi connectivity index (χ1n) is 8.60. The molecule has 0 spiro atoms. The van der Waals surface area contributed by atoms with Crippen molar-refractivity contribution >= 4 is 34.1 Å². The molecule has 2 unspecified atom stereocenters. The first-order valence-corrected chi connectivity index (χ1v) is 9.54. The zero-order valence-corrected chi connectivity index (χ0v) is 15.1. The van der Waals surface area contributed by atoms with E-state index in [1.807, 2.05) is 36.4 Å². The van der Waals surface area contributed by atoms with E-state index in [2.05, 4.69) is 30.9 Å². The van der Waals surface area contributed by atoms with Crippen molar-refractivity contribution in [1.82, 2.24) is 0 Å². The largest absolute Gasteiger partial charge is 0.422 e. The van der Waals surface area contributed by atoms with Gasteiger partial charge in [0.2, 0.25) is 0 Å². The molecule has 1 aromatic heterocycles. The highest BCUT2D eigenvalue weighted by Crippen LogP contribution is 2.41. The molecular formula is C20H20N2O2S. The number of benzene rings is 1. The number of hydrogen-bond acceptors (Lipinski definition) is 5. The molecule has 5 heteroatoms. The molecule has 1 aliphatic carbocycles. The van der Waals surface area contributed by atoms with Crippen molar-refractivity contribution in [2.75, 3.05) is 18.0 Å². The number of hydrogen-bond donors (Lipinski definition) is 0. The summed E-state index contributed by atoms with van der Waals surface area (Å²) in [5, 5.41) is 0.970. The molecule has 2 heterocycles. The molecule has 4 rings (SSSR count). The van der Waals surface area contributed by atoms with Gasteiger partial charge < -0.3 is 9.32 Å². The first kappa shape index (κ1) is 16.2. The van der Waals surface area contributed by atoms with Gasteiger partial charge in [0.25, 0.3) is 0 Å². The number of allylic oxidation sites excluding steroid dienone is 3. The van der Waals surface area contributed by atoms with E-state index in [1.165, 1.54) is 0 Å². The fourth-order valence-corrected chi connectivity index (χ4v) is 4.50. The van der Waals surface area contributed by atoms with Gasteiger partial charge in [-0.05, 0) is 38.1 Å². The van der Waals surface area contributed by atoms with E-state index in [9.17, 15) is 4.79 Å². The first-order chi connectivity index (χ1) is 12.2. The Kier molecular flexibility index (Phi) is 4.25. The zero-order chi connectivity index (χ0) is 17.4. The van der Waals surface area contributed by atoms with Crippen molar-refractivity contribution in [1.29, 1.82) is 0 Å². The highest BCUT2D eigenvalue weighted by atomic mass is 32.2. The molecule has 1 aliphatic heterocycles. The Morgan fingerprint density at radius 1 is 1.20 bits per heavy atom. The van der Waals surface area contributed by atoms with Gasteiger partial charge in [0.05, 0.1) is 16.5 Å². The molecule has 1 aromatic carbocycles. The van der Waals surface area contributed by atoms with E-state index in [-0.39, 0.29) is 16.2 Å². The van der Waals surface area contributed by atoms with Crippen LogP contribution in [0.2, 0.25) is 0 Å². The van der Waals surface area contributed by atoms with E-state index in [1.54, 1.807) is 11.8 Å². The number of thioether (sulfide) groups is 1. The van der Waals surface area contributed by atoms with Gasteiger partial charge in [-0.2, -0.15) is 0 Å². The molecule has 0 N–H and O–H groups in total. The van der Waals surface area contributed by atoms with Crippen LogP contribution in [-0.2, 0) is 0 Å². The monoisotopic (exact) mass is 352 g/mol. The minimum atomic E-state index is -0.294. The lowest BCUT2D eigenvalue weighted by Gasteiger charge is -2.21. The summed E-state index contributed by atoms with van der Waals surface area (Å²) in [6, 6.07) is 7.99. The molecule has 0 radical (unpaired) electrons. The van der Waals surface area contributed by atoms with Crippen molar-refractivity contribution in [3.8, 4) is 0 Å². The molecule has 2 atom stereocenters. The lowest BCUT2D eigenvalue weighted by molar-refractivity contribution is 0.550. The lowest BCUT2D eigenvalue weighted by atomic mass is 10.1. The second kappa shape index (κ2) is 6.56.